The Balaban J connectivity index is 1.46. The van der Waals surface area contributed by atoms with Crippen molar-refractivity contribution in [2.24, 2.45) is 11.8 Å². The van der Waals surface area contributed by atoms with Crippen LogP contribution in [0.2, 0.25) is 0 Å². The smallest absolute Gasteiger partial charge is 0.237 e. The third-order valence-corrected chi connectivity index (χ3v) is 4.25. The van der Waals surface area contributed by atoms with Gasteiger partial charge in [0.2, 0.25) is 11.8 Å². The van der Waals surface area contributed by atoms with Gasteiger partial charge in [0.05, 0.1) is 6.04 Å². The Kier molecular flexibility index (Phi) is 3.50. The summed E-state index contributed by atoms with van der Waals surface area (Å²) >= 11 is 0. The number of amides is 1. The van der Waals surface area contributed by atoms with Gasteiger partial charge in [-0.3, -0.25) is 4.79 Å². The van der Waals surface area contributed by atoms with Gasteiger partial charge in [0, 0.05) is 19.9 Å². The molecule has 6 nitrogen and oxygen atoms in total. The molecular weight excluding hydrogens is 244 g/mol. The molecule has 2 fully saturated rings. The van der Waals surface area contributed by atoms with E-state index in [1.54, 1.807) is 6.92 Å². The van der Waals surface area contributed by atoms with Crippen molar-refractivity contribution in [3.05, 3.63) is 11.7 Å². The first-order valence-electron chi connectivity index (χ1n) is 7.04. The fraction of sp³-hybridized carbons (Fsp3) is 0.769. The van der Waals surface area contributed by atoms with E-state index in [4.69, 9.17) is 4.52 Å². The summed E-state index contributed by atoms with van der Waals surface area (Å²) in [4.78, 5) is 16.3. The molecular formula is C13H20N4O2. The van der Waals surface area contributed by atoms with Crippen LogP contribution in [0.3, 0.4) is 0 Å². The van der Waals surface area contributed by atoms with Crippen LogP contribution in [0.25, 0.3) is 0 Å². The Hall–Kier alpha value is -1.43. The molecule has 0 bridgehead atoms. The number of hydrogen-bond acceptors (Lipinski definition) is 5. The van der Waals surface area contributed by atoms with Gasteiger partial charge in [-0.05, 0) is 31.2 Å². The first kappa shape index (κ1) is 12.6. The Labute approximate surface area is 112 Å². The fourth-order valence-corrected chi connectivity index (χ4v) is 3.32. The molecule has 1 aliphatic carbocycles. The van der Waals surface area contributed by atoms with Gasteiger partial charge in [0.25, 0.3) is 0 Å². The molecule has 0 spiro atoms. The van der Waals surface area contributed by atoms with Gasteiger partial charge in [-0.2, -0.15) is 4.98 Å². The second-order valence-electron chi connectivity index (χ2n) is 5.51. The predicted molar refractivity (Wildman–Crippen MR) is 68.4 cm³/mol. The van der Waals surface area contributed by atoms with Crippen LogP contribution in [0.4, 0.5) is 0 Å². The predicted octanol–water partition coefficient (Wildman–Crippen LogP) is 0.425. The van der Waals surface area contributed by atoms with Crippen molar-refractivity contribution in [2.45, 2.75) is 38.6 Å². The number of hydrogen-bond donors (Lipinski definition) is 2. The summed E-state index contributed by atoms with van der Waals surface area (Å²) in [7, 11) is 0. The number of aromatic nitrogens is 2. The van der Waals surface area contributed by atoms with Gasteiger partial charge in [-0.1, -0.05) is 11.6 Å². The largest absolute Gasteiger partial charge is 0.354 e. The molecule has 6 heteroatoms. The number of nitrogens with zero attached hydrogens (tertiary/aromatic N) is 2. The highest BCUT2D eigenvalue weighted by atomic mass is 16.5. The summed E-state index contributed by atoms with van der Waals surface area (Å²) in [6, 6.07) is -0.000459. The van der Waals surface area contributed by atoms with E-state index >= 15 is 0 Å². The number of carbonyl (C=O) groups excluding carboxylic acids is 1. The van der Waals surface area contributed by atoms with E-state index < -0.39 is 0 Å². The van der Waals surface area contributed by atoms with Crippen LogP contribution in [0.5, 0.6) is 0 Å². The number of rotatable bonds is 4. The molecule has 0 aromatic carbocycles. The molecule has 1 aromatic heterocycles. The molecule has 3 atom stereocenters. The van der Waals surface area contributed by atoms with E-state index in [0.717, 1.165) is 6.54 Å². The molecule has 3 rings (SSSR count). The van der Waals surface area contributed by atoms with E-state index in [1.807, 2.05) is 0 Å². The van der Waals surface area contributed by atoms with Gasteiger partial charge >= 0.3 is 0 Å². The minimum atomic E-state index is -0.000459. The summed E-state index contributed by atoms with van der Waals surface area (Å²) in [5.74, 6) is 2.57. The van der Waals surface area contributed by atoms with Crippen molar-refractivity contribution in [3.8, 4) is 0 Å². The number of aryl methyl sites for hydroxylation is 1. The van der Waals surface area contributed by atoms with Crippen LogP contribution in [-0.2, 0) is 11.2 Å². The summed E-state index contributed by atoms with van der Waals surface area (Å²) in [6.07, 6.45) is 4.33. The lowest BCUT2D eigenvalue weighted by atomic mass is 9.93. The Morgan fingerprint density at radius 3 is 3.21 bits per heavy atom. The van der Waals surface area contributed by atoms with Gasteiger partial charge in [-0.25, -0.2) is 0 Å². The van der Waals surface area contributed by atoms with Crippen molar-refractivity contribution < 1.29 is 9.32 Å². The van der Waals surface area contributed by atoms with E-state index in [9.17, 15) is 4.79 Å². The maximum atomic E-state index is 12.1. The van der Waals surface area contributed by atoms with Crippen LogP contribution >= 0.6 is 0 Å². The fourth-order valence-electron chi connectivity index (χ4n) is 3.32. The van der Waals surface area contributed by atoms with Crippen LogP contribution in [0.15, 0.2) is 4.52 Å². The molecule has 1 aliphatic heterocycles. The van der Waals surface area contributed by atoms with Crippen molar-refractivity contribution in [1.82, 2.24) is 20.8 Å². The highest BCUT2D eigenvalue weighted by Gasteiger charge is 2.42. The molecule has 1 saturated carbocycles. The zero-order valence-corrected chi connectivity index (χ0v) is 11.2. The molecule has 3 unspecified atom stereocenters. The Morgan fingerprint density at radius 2 is 2.42 bits per heavy atom. The molecule has 104 valence electrons. The third kappa shape index (κ3) is 2.63. The lowest BCUT2D eigenvalue weighted by Gasteiger charge is -2.17. The molecule has 1 amide bonds. The topological polar surface area (TPSA) is 80.0 Å². The van der Waals surface area contributed by atoms with Gasteiger partial charge in [0.15, 0.2) is 5.82 Å². The molecule has 2 N–H and O–H groups in total. The summed E-state index contributed by atoms with van der Waals surface area (Å²) in [5, 5.41) is 10.1. The van der Waals surface area contributed by atoms with Gasteiger partial charge < -0.3 is 15.2 Å². The van der Waals surface area contributed by atoms with Gasteiger partial charge in [-0.15, -0.1) is 0 Å². The van der Waals surface area contributed by atoms with Crippen LogP contribution in [0, 0.1) is 18.8 Å². The molecule has 19 heavy (non-hydrogen) atoms. The third-order valence-electron chi connectivity index (χ3n) is 4.25. The first-order valence-corrected chi connectivity index (χ1v) is 7.04. The van der Waals surface area contributed by atoms with Gasteiger partial charge in [0.1, 0.15) is 0 Å². The van der Waals surface area contributed by atoms with Crippen molar-refractivity contribution in [3.63, 3.8) is 0 Å². The monoisotopic (exact) mass is 264 g/mol. The quantitative estimate of drug-likeness (QED) is 0.824. The molecule has 0 radical (unpaired) electrons. The van der Waals surface area contributed by atoms with E-state index in [2.05, 4.69) is 20.8 Å². The minimum absolute atomic E-state index is 0.000459. The van der Waals surface area contributed by atoms with Crippen molar-refractivity contribution >= 4 is 5.91 Å². The molecule has 1 aromatic rings. The average Bonchev–Trinajstić information content (AvgIpc) is 3.04. The van der Waals surface area contributed by atoms with Crippen molar-refractivity contribution in [1.29, 1.82) is 0 Å². The maximum Gasteiger partial charge on any atom is 0.237 e. The second-order valence-corrected chi connectivity index (χ2v) is 5.51. The Morgan fingerprint density at radius 1 is 1.53 bits per heavy atom. The highest BCUT2D eigenvalue weighted by Crippen LogP contribution is 2.37. The van der Waals surface area contributed by atoms with Crippen LogP contribution < -0.4 is 10.6 Å². The molecule has 1 saturated heterocycles. The van der Waals surface area contributed by atoms with Crippen molar-refractivity contribution in [2.75, 3.05) is 13.1 Å². The standard InChI is InChI=1S/C13H20N4O2/c1-8-16-11(17-19-8)5-6-14-13(18)12-10-4-2-3-9(10)7-15-12/h9-10,12,15H,2-7H2,1H3,(H,14,18). The lowest BCUT2D eigenvalue weighted by Crippen LogP contribution is -2.44. The molecule has 2 aliphatic rings. The zero-order chi connectivity index (χ0) is 13.2. The second kappa shape index (κ2) is 5.28. The van der Waals surface area contributed by atoms with Crippen LogP contribution in [-0.4, -0.2) is 35.2 Å². The SMILES string of the molecule is Cc1nc(CCNC(=O)C2NCC3CCCC32)no1. The summed E-state index contributed by atoms with van der Waals surface area (Å²) in [6.45, 7) is 3.32. The summed E-state index contributed by atoms with van der Waals surface area (Å²) in [5.41, 5.74) is 0. The number of nitrogens with one attached hydrogen (secondary N) is 2. The zero-order valence-electron chi connectivity index (χ0n) is 11.2. The highest BCUT2D eigenvalue weighted by molar-refractivity contribution is 5.82. The minimum Gasteiger partial charge on any atom is -0.354 e. The normalized spacial score (nSPS) is 29.4. The lowest BCUT2D eigenvalue weighted by molar-refractivity contribution is -0.123. The molecule has 2 heterocycles. The summed E-state index contributed by atoms with van der Waals surface area (Å²) < 4.78 is 4.89. The number of fused-ring (bicyclic) bond motifs is 1. The number of carbonyl (C=O) groups is 1. The van der Waals surface area contributed by atoms with E-state index in [1.165, 1.54) is 19.3 Å². The van der Waals surface area contributed by atoms with E-state index in [-0.39, 0.29) is 11.9 Å². The van der Waals surface area contributed by atoms with E-state index in [0.29, 0.717) is 36.5 Å². The maximum absolute atomic E-state index is 12.1. The Bertz CT molecular complexity index is 459. The first-order chi connectivity index (χ1) is 9.24. The average molecular weight is 264 g/mol. The van der Waals surface area contributed by atoms with Crippen LogP contribution in [0.1, 0.15) is 31.0 Å².